The summed E-state index contributed by atoms with van der Waals surface area (Å²) in [6.07, 6.45) is 6.88. The molecule has 4 atom stereocenters. The third kappa shape index (κ3) is 1.85. The summed E-state index contributed by atoms with van der Waals surface area (Å²) in [7, 11) is 1.43. The summed E-state index contributed by atoms with van der Waals surface area (Å²) in [6.45, 7) is 11.2. The van der Waals surface area contributed by atoms with Gasteiger partial charge in [0.05, 0.1) is 12.7 Å². The Labute approximate surface area is 155 Å². The third-order valence-corrected chi connectivity index (χ3v) is 8.06. The molecule has 2 saturated carbocycles. The van der Waals surface area contributed by atoms with E-state index in [4.69, 9.17) is 9.47 Å². The van der Waals surface area contributed by atoms with Gasteiger partial charge in [-0.1, -0.05) is 32.9 Å². The van der Waals surface area contributed by atoms with Gasteiger partial charge in [0.2, 0.25) is 11.6 Å². The van der Waals surface area contributed by atoms with Crippen LogP contribution in [0, 0.1) is 16.7 Å². The molecule has 4 heteroatoms. The second kappa shape index (κ2) is 5.34. The summed E-state index contributed by atoms with van der Waals surface area (Å²) in [5.41, 5.74) is 0.872. The number of carbonyl (C=O) groups is 2. The lowest BCUT2D eigenvalue weighted by Crippen LogP contribution is -2.68. The largest absolute Gasteiger partial charge is 0.493 e. The van der Waals surface area contributed by atoms with E-state index in [1.807, 2.05) is 0 Å². The fraction of sp³-hybridized carbons (Fsp3) is 0.636. The second-order valence-corrected chi connectivity index (χ2v) is 8.97. The number of carbonyl (C=O) groups excluding carboxylic acids is 2. The molecular formula is C22H28O4. The van der Waals surface area contributed by atoms with Crippen molar-refractivity contribution in [1.29, 1.82) is 0 Å². The van der Waals surface area contributed by atoms with Crippen molar-refractivity contribution in [2.45, 2.75) is 64.9 Å². The van der Waals surface area contributed by atoms with E-state index >= 15 is 0 Å². The lowest BCUT2D eigenvalue weighted by atomic mass is 9.42. The molecule has 0 aromatic heterocycles. The Morgan fingerprint density at radius 2 is 2.00 bits per heavy atom. The highest BCUT2D eigenvalue weighted by Gasteiger charge is 2.69. The molecule has 4 rings (SSSR count). The van der Waals surface area contributed by atoms with Crippen molar-refractivity contribution in [3.8, 4) is 0 Å². The van der Waals surface area contributed by atoms with Gasteiger partial charge in [-0.25, -0.2) is 0 Å². The standard InChI is InChI=1S/C22H28O4/c1-13-7-6-9-22-20(13,3)10-8-14(2)21(22,4)12-15-18(24)17(25-5)11-16(23)19(15)26-22/h11,14H,1,6-10,12H2,2-5H3/t14-,20-,21+,22-/m0/s1. The molecule has 1 heterocycles. The van der Waals surface area contributed by atoms with E-state index in [-0.39, 0.29) is 33.9 Å². The van der Waals surface area contributed by atoms with Gasteiger partial charge in [-0.2, -0.15) is 0 Å². The summed E-state index contributed by atoms with van der Waals surface area (Å²) in [5, 5.41) is 0. The van der Waals surface area contributed by atoms with Crippen LogP contribution in [0.15, 0.2) is 35.3 Å². The molecular weight excluding hydrogens is 328 g/mol. The van der Waals surface area contributed by atoms with Crippen molar-refractivity contribution >= 4 is 11.6 Å². The van der Waals surface area contributed by atoms with Gasteiger partial charge >= 0.3 is 0 Å². The van der Waals surface area contributed by atoms with Crippen LogP contribution in [0.3, 0.4) is 0 Å². The Hall–Kier alpha value is -1.84. The molecule has 3 aliphatic carbocycles. The molecule has 4 nitrogen and oxygen atoms in total. The van der Waals surface area contributed by atoms with Gasteiger partial charge < -0.3 is 9.47 Å². The van der Waals surface area contributed by atoms with E-state index in [0.717, 1.165) is 32.1 Å². The predicted octanol–water partition coefficient (Wildman–Crippen LogP) is 4.26. The lowest BCUT2D eigenvalue weighted by Gasteiger charge is -2.67. The van der Waals surface area contributed by atoms with Gasteiger partial charge in [-0.15, -0.1) is 0 Å². The molecule has 0 radical (unpaired) electrons. The molecule has 1 spiro atoms. The molecule has 0 saturated heterocycles. The maximum atomic E-state index is 12.9. The average Bonchev–Trinajstić information content (AvgIpc) is 2.61. The molecule has 26 heavy (non-hydrogen) atoms. The number of methoxy groups -OCH3 is 1. The highest BCUT2D eigenvalue weighted by molar-refractivity contribution is 6.21. The topological polar surface area (TPSA) is 52.6 Å². The van der Waals surface area contributed by atoms with E-state index in [2.05, 4.69) is 27.4 Å². The Kier molecular flexibility index (Phi) is 3.61. The number of hydrogen-bond acceptors (Lipinski definition) is 4. The minimum atomic E-state index is -0.472. The lowest BCUT2D eigenvalue weighted by molar-refractivity contribution is -0.231. The fourth-order valence-corrected chi connectivity index (χ4v) is 6.12. The van der Waals surface area contributed by atoms with Gasteiger partial charge in [0.25, 0.3) is 0 Å². The Morgan fingerprint density at radius 3 is 2.69 bits per heavy atom. The fourth-order valence-electron chi connectivity index (χ4n) is 6.12. The van der Waals surface area contributed by atoms with Crippen LogP contribution in [0.1, 0.15) is 59.3 Å². The van der Waals surface area contributed by atoms with Crippen molar-refractivity contribution in [1.82, 2.24) is 0 Å². The minimum Gasteiger partial charge on any atom is -0.493 e. The second-order valence-electron chi connectivity index (χ2n) is 8.97. The maximum absolute atomic E-state index is 12.9. The van der Waals surface area contributed by atoms with Crippen LogP contribution in [-0.4, -0.2) is 24.3 Å². The zero-order valence-corrected chi connectivity index (χ0v) is 16.2. The summed E-state index contributed by atoms with van der Waals surface area (Å²) >= 11 is 0. The highest BCUT2D eigenvalue weighted by atomic mass is 16.5. The van der Waals surface area contributed by atoms with Gasteiger partial charge in [0.1, 0.15) is 5.60 Å². The molecule has 1 aliphatic heterocycles. The molecule has 0 aromatic carbocycles. The Morgan fingerprint density at radius 1 is 1.27 bits per heavy atom. The Bertz CT molecular complexity index is 788. The number of Topliss-reactive ketones (excluding diaryl/α,β-unsaturated/α-hetero) is 1. The van der Waals surface area contributed by atoms with Crippen molar-refractivity contribution in [3.63, 3.8) is 0 Å². The Balaban J connectivity index is 1.91. The van der Waals surface area contributed by atoms with Crippen LogP contribution in [0.4, 0.5) is 0 Å². The smallest absolute Gasteiger partial charge is 0.227 e. The quantitative estimate of drug-likeness (QED) is 0.520. The summed E-state index contributed by atoms with van der Waals surface area (Å²) in [4.78, 5) is 25.6. The molecule has 2 fully saturated rings. The summed E-state index contributed by atoms with van der Waals surface area (Å²) < 4.78 is 11.8. The first-order valence-electron chi connectivity index (χ1n) is 9.65. The van der Waals surface area contributed by atoms with Crippen molar-refractivity contribution < 1.29 is 19.1 Å². The number of hydrogen-bond donors (Lipinski definition) is 0. The van der Waals surface area contributed by atoms with Crippen molar-refractivity contribution in [2.75, 3.05) is 7.11 Å². The molecule has 0 unspecified atom stereocenters. The number of ketones is 2. The molecule has 140 valence electrons. The average molecular weight is 356 g/mol. The predicted molar refractivity (Wildman–Crippen MR) is 98.2 cm³/mol. The first kappa shape index (κ1) is 17.6. The van der Waals surface area contributed by atoms with Gasteiger partial charge in [0, 0.05) is 16.9 Å². The molecule has 0 aromatic rings. The van der Waals surface area contributed by atoms with E-state index < -0.39 is 5.60 Å². The number of rotatable bonds is 1. The van der Waals surface area contributed by atoms with Crippen LogP contribution in [0.5, 0.6) is 0 Å². The van der Waals surface area contributed by atoms with Crippen LogP contribution in [0.25, 0.3) is 0 Å². The molecule has 0 bridgehead atoms. The van der Waals surface area contributed by atoms with E-state index in [1.165, 1.54) is 18.8 Å². The van der Waals surface area contributed by atoms with E-state index in [9.17, 15) is 9.59 Å². The van der Waals surface area contributed by atoms with E-state index in [0.29, 0.717) is 17.9 Å². The monoisotopic (exact) mass is 356 g/mol. The first-order chi connectivity index (χ1) is 12.2. The summed E-state index contributed by atoms with van der Waals surface area (Å²) in [5.74, 6) is 0.326. The van der Waals surface area contributed by atoms with Gasteiger partial charge in [-0.05, 0) is 44.4 Å². The number of ether oxygens (including phenoxy) is 2. The molecule has 0 amide bonds. The normalized spacial score (nSPS) is 42.4. The first-order valence-corrected chi connectivity index (χ1v) is 9.65. The summed E-state index contributed by atoms with van der Waals surface area (Å²) in [6, 6.07) is 0. The van der Waals surface area contributed by atoms with Gasteiger partial charge in [-0.3, -0.25) is 9.59 Å². The van der Waals surface area contributed by atoms with Crippen LogP contribution >= 0.6 is 0 Å². The minimum absolute atomic E-state index is 0.121. The van der Waals surface area contributed by atoms with Crippen molar-refractivity contribution in [3.05, 3.63) is 35.3 Å². The highest BCUT2D eigenvalue weighted by Crippen LogP contribution is 2.69. The molecule has 0 N–H and O–H groups in total. The maximum Gasteiger partial charge on any atom is 0.227 e. The van der Waals surface area contributed by atoms with Crippen molar-refractivity contribution in [2.24, 2.45) is 16.7 Å². The molecule has 4 aliphatic rings. The van der Waals surface area contributed by atoms with Gasteiger partial charge in [0.15, 0.2) is 11.5 Å². The zero-order valence-electron chi connectivity index (χ0n) is 16.2. The van der Waals surface area contributed by atoms with Crippen LogP contribution in [-0.2, 0) is 19.1 Å². The number of allylic oxidation sites excluding steroid dienone is 2. The zero-order chi connectivity index (χ0) is 18.9. The van der Waals surface area contributed by atoms with Crippen LogP contribution < -0.4 is 0 Å². The SMILES string of the molecule is C=C1CCC[C@@]23OC4=C(C[C@]2(C)[C@@H](C)CC[C@@]13C)C(=O)C(OC)=CC4=O. The van der Waals surface area contributed by atoms with Crippen LogP contribution in [0.2, 0.25) is 0 Å². The van der Waals surface area contributed by atoms with E-state index in [1.54, 1.807) is 0 Å². The third-order valence-electron chi connectivity index (χ3n) is 8.06.